The van der Waals surface area contributed by atoms with Crippen LogP contribution in [0.5, 0.6) is 11.5 Å². The minimum atomic E-state index is -0.665. The average molecular weight is 293 g/mol. The van der Waals surface area contributed by atoms with Crippen LogP contribution in [0.15, 0.2) is 18.2 Å². The van der Waals surface area contributed by atoms with Crippen molar-refractivity contribution < 1.29 is 33.0 Å². The van der Waals surface area contributed by atoms with Gasteiger partial charge in [-0.15, -0.1) is 0 Å². The molecule has 0 atom stereocenters. The molecule has 0 radical (unpaired) electrons. The standard InChI is InChI=1S/C7H6IN2O3/c9-7(11)10-4-1-2-5-6(3-4)13-8-12-5/h1-3H,(H3,9,10,11)/q-1. The fourth-order valence-electron chi connectivity index (χ4n) is 0.936. The summed E-state index contributed by atoms with van der Waals surface area (Å²) in [6.07, 6.45) is 0. The molecule has 1 heterocycles. The van der Waals surface area contributed by atoms with Crippen LogP contribution in [-0.4, -0.2) is 6.03 Å². The van der Waals surface area contributed by atoms with Gasteiger partial charge in [0.15, 0.2) is 0 Å². The third-order valence-electron chi connectivity index (χ3n) is 1.44. The second kappa shape index (κ2) is 3.29. The molecule has 0 fully saturated rings. The number of anilines is 1. The molecule has 0 saturated carbocycles. The number of amides is 2. The average Bonchev–Trinajstić information content (AvgIpc) is 2.49. The van der Waals surface area contributed by atoms with Gasteiger partial charge in [0.2, 0.25) is 0 Å². The van der Waals surface area contributed by atoms with Crippen molar-refractivity contribution >= 4 is 11.7 Å². The molecule has 0 unspecified atom stereocenters. The molecule has 5 nitrogen and oxygen atoms in total. The molecule has 6 heteroatoms. The molecular formula is C7H6IN2O3-. The predicted octanol–water partition coefficient (Wildman–Crippen LogP) is -2.13. The van der Waals surface area contributed by atoms with Gasteiger partial charge in [0.25, 0.3) is 0 Å². The Morgan fingerprint density at radius 2 is 2.15 bits per heavy atom. The molecule has 1 aromatic rings. The number of benzene rings is 1. The number of carbonyl (C=O) groups excluding carboxylic acids is 1. The number of halogens is 1. The van der Waals surface area contributed by atoms with Gasteiger partial charge < -0.3 is 0 Å². The summed E-state index contributed by atoms with van der Waals surface area (Å²) in [6, 6.07) is 4.55. The monoisotopic (exact) mass is 293 g/mol. The first-order chi connectivity index (χ1) is 6.25. The van der Waals surface area contributed by atoms with Crippen LogP contribution < -0.4 is 39.2 Å². The number of hydrogen-bond acceptors (Lipinski definition) is 3. The van der Waals surface area contributed by atoms with Gasteiger partial charge >= 0.3 is 85.4 Å². The number of nitrogens with two attached hydrogens (primary N) is 1. The molecule has 0 aliphatic carbocycles. The SMILES string of the molecule is NC(=O)Nc1ccc2c(c1)O[I-]O2. The Kier molecular flexibility index (Phi) is 2.13. The van der Waals surface area contributed by atoms with Crippen molar-refractivity contribution in [1.29, 1.82) is 0 Å². The molecule has 0 saturated heterocycles. The van der Waals surface area contributed by atoms with Gasteiger partial charge in [0, 0.05) is 0 Å². The van der Waals surface area contributed by atoms with Gasteiger partial charge in [0.1, 0.15) is 0 Å². The van der Waals surface area contributed by atoms with Crippen LogP contribution in [0.25, 0.3) is 0 Å². The van der Waals surface area contributed by atoms with E-state index in [0.29, 0.717) is 11.4 Å². The van der Waals surface area contributed by atoms with Crippen LogP contribution in [0.1, 0.15) is 0 Å². The molecule has 2 amide bonds. The fourth-order valence-corrected chi connectivity index (χ4v) is 2.12. The van der Waals surface area contributed by atoms with E-state index in [4.69, 9.17) is 11.9 Å². The number of carbonyl (C=O) groups is 1. The van der Waals surface area contributed by atoms with Crippen molar-refractivity contribution in [2.24, 2.45) is 5.73 Å². The molecule has 1 aliphatic rings. The van der Waals surface area contributed by atoms with Crippen molar-refractivity contribution in [2.75, 3.05) is 5.32 Å². The minimum absolute atomic E-state index is 0.589. The van der Waals surface area contributed by atoms with Gasteiger partial charge in [0.05, 0.1) is 0 Å². The topological polar surface area (TPSA) is 73.6 Å². The van der Waals surface area contributed by atoms with Crippen molar-refractivity contribution in [3.05, 3.63) is 18.2 Å². The molecule has 0 spiro atoms. The Morgan fingerprint density at radius 1 is 1.38 bits per heavy atom. The molecule has 0 aromatic heterocycles. The van der Waals surface area contributed by atoms with E-state index in [2.05, 4.69) is 5.32 Å². The first-order valence-electron chi connectivity index (χ1n) is 3.45. The van der Waals surface area contributed by atoms with Crippen LogP contribution in [-0.2, 0) is 0 Å². The number of urea groups is 1. The molecular weight excluding hydrogens is 287 g/mol. The summed E-state index contributed by atoms with van der Waals surface area (Å²) in [4.78, 5) is 10.5. The molecule has 70 valence electrons. The number of hydrogen-bond donors (Lipinski definition) is 2. The van der Waals surface area contributed by atoms with Gasteiger partial charge in [-0.25, -0.2) is 0 Å². The summed E-state index contributed by atoms with van der Waals surface area (Å²) in [5.74, 6) is 1.39. The molecule has 2 rings (SSSR count). The summed E-state index contributed by atoms with van der Waals surface area (Å²) < 4.78 is 10.4. The van der Waals surface area contributed by atoms with Crippen molar-refractivity contribution in [3.63, 3.8) is 0 Å². The van der Waals surface area contributed by atoms with Crippen LogP contribution in [0.4, 0.5) is 10.5 Å². The van der Waals surface area contributed by atoms with E-state index >= 15 is 0 Å². The third-order valence-corrected chi connectivity index (χ3v) is 2.75. The zero-order valence-corrected chi connectivity index (χ0v) is 8.57. The molecule has 1 aromatic carbocycles. The van der Waals surface area contributed by atoms with E-state index < -0.39 is 28.1 Å². The Labute approximate surface area is 85.6 Å². The Hall–Kier alpha value is -1.18. The molecule has 1 aliphatic heterocycles. The number of primary amides is 1. The van der Waals surface area contributed by atoms with Crippen LogP contribution in [0, 0.1) is 0 Å². The van der Waals surface area contributed by atoms with Crippen molar-refractivity contribution in [3.8, 4) is 11.5 Å². The maximum absolute atomic E-state index is 10.5. The number of nitrogens with one attached hydrogen (secondary N) is 1. The summed E-state index contributed by atoms with van der Waals surface area (Å²) in [6.45, 7) is 0. The van der Waals surface area contributed by atoms with Crippen LogP contribution >= 0.6 is 0 Å². The van der Waals surface area contributed by atoms with Gasteiger partial charge in [-0.3, -0.25) is 0 Å². The second-order valence-electron chi connectivity index (χ2n) is 2.37. The van der Waals surface area contributed by atoms with E-state index in [0.717, 1.165) is 5.75 Å². The Balaban J connectivity index is 2.25. The van der Waals surface area contributed by atoms with Gasteiger partial charge in [-0.1, -0.05) is 0 Å². The fraction of sp³-hybridized carbons (Fsp3) is 0. The van der Waals surface area contributed by atoms with E-state index in [1.165, 1.54) is 0 Å². The third kappa shape index (κ3) is 1.77. The number of fused-ring (bicyclic) bond motifs is 1. The van der Waals surface area contributed by atoms with Crippen LogP contribution in [0.2, 0.25) is 0 Å². The summed E-state index contributed by atoms with van der Waals surface area (Å²) in [7, 11) is 0. The molecule has 0 bridgehead atoms. The van der Waals surface area contributed by atoms with E-state index in [1.54, 1.807) is 18.2 Å². The van der Waals surface area contributed by atoms with Crippen molar-refractivity contribution in [1.82, 2.24) is 0 Å². The normalized spacial score (nSPS) is 13.2. The maximum atomic E-state index is 10.5. The van der Waals surface area contributed by atoms with Crippen LogP contribution in [0.3, 0.4) is 0 Å². The Morgan fingerprint density at radius 3 is 2.92 bits per heavy atom. The second-order valence-corrected chi connectivity index (χ2v) is 3.61. The molecule has 13 heavy (non-hydrogen) atoms. The van der Waals surface area contributed by atoms with Crippen molar-refractivity contribution in [2.45, 2.75) is 0 Å². The zero-order chi connectivity index (χ0) is 9.26. The van der Waals surface area contributed by atoms with Gasteiger partial charge in [-0.05, 0) is 0 Å². The molecule has 3 N–H and O–H groups in total. The zero-order valence-electron chi connectivity index (χ0n) is 6.41. The van der Waals surface area contributed by atoms with E-state index in [9.17, 15) is 4.79 Å². The Bertz CT molecular complexity index is 356. The first-order valence-corrected chi connectivity index (χ1v) is 5.21. The van der Waals surface area contributed by atoms with Gasteiger partial charge in [-0.2, -0.15) is 0 Å². The number of rotatable bonds is 1. The quantitative estimate of drug-likeness (QED) is 0.581. The summed E-state index contributed by atoms with van der Waals surface area (Å²) in [5.41, 5.74) is 5.57. The predicted molar refractivity (Wildman–Crippen MR) is 40.9 cm³/mol. The van der Waals surface area contributed by atoms with E-state index in [1.807, 2.05) is 0 Å². The summed E-state index contributed by atoms with van der Waals surface area (Å²) >= 11 is -0.665. The first kappa shape index (κ1) is 8.42. The summed E-state index contributed by atoms with van der Waals surface area (Å²) in [5, 5.41) is 2.45. The van der Waals surface area contributed by atoms with E-state index in [-0.39, 0.29) is 0 Å².